The van der Waals surface area contributed by atoms with E-state index in [-0.39, 0.29) is 0 Å². The fourth-order valence-corrected chi connectivity index (χ4v) is 6.76. The van der Waals surface area contributed by atoms with E-state index < -0.39 is 31.8 Å². The summed E-state index contributed by atoms with van der Waals surface area (Å²) in [4.78, 5) is 19.1. The molecule has 0 aliphatic rings. The van der Waals surface area contributed by atoms with Gasteiger partial charge in [-0.1, -0.05) is 60.7 Å². The maximum Gasteiger partial charge on any atom is 0.743 e. The molecule has 0 N–H and O–H groups in total. The van der Waals surface area contributed by atoms with E-state index in [0.717, 1.165) is 56.5 Å². The van der Waals surface area contributed by atoms with Gasteiger partial charge in [0.25, 0.3) is 0 Å². The molecule has 8 aromatic rings. The zero-order valence-electron chi connectivity index (χ0n) is 24.9. The van der Waals surface area contributed by atoms with Gasteiger partial charge in [0.15, 0.2) is 22.9 Å². The molecule has 8 rings (SSSR count). The Balaban J connectivity index is 1.02. The number of hydrogen-bond acceptors (Lipinski definition) is 7. The molecule has 0 amide bonds. The molecule has 0 saturated carbocycles. The van der Waals surface area contributed by atoms with Crippen molar-refractivity contribution in [1.29, 1.82) is 0 Å². The molecule has 4 aromatic heterocycles. The van der Waals surface area contributed by atoms with Gasteiger partial charge in [0.1, 0.15) is 11.0 Å². The highest BCUT2D eigenvalue weighted by Gasteiger charge is 2.21. The van der Waals surface area contributed by atoms with Crippen LogP contribution in [0, 0.1) is 0 Å². The minimum Gasteiger partial charge on any atom is -0.627 e. The summed E-state index contributed by atoms with van der Waals surface area (Å²) in [5.74, 6) is 2.85. The quantitative estimate of drug-likeness (QED) is 0.117. The van der Waals surface area contributed by atoms with Crippen LogP contribution in [0.5, 0.6) is 11.5 Å². The largest absolute Gasteiger partial charge is 0.743 e. The molecule has 0 saturated heterocycles. The zero-order valence-corrected chi connectivity index (χ0v) is 27.2. The summed E-state index contributed by atoms with van der Waals surface area (Å²) in [6.07, 6.45) is 3.56. The van der Waals surface area contributed by atoms with Crippen molar-refractivity contribution in [2.24, 2.45) is 0 Å². The number of benzene rings is 4. The third-order valence-electron chi connectivity index (χ3n) is 7.58. The smallest absolute Gasteiger partial charge is 0.627 e. The molecule has 4 heterocycles. The predicted molar refractivity (Wildman–Crippen MR) is 182 cm³/mol. The van der Waals surface area contributed by atoms with Gasteiger partial charge >= 0.3 is 31.8 Å². The zero-order chi connectivity index (χ0) is 31.4. The van der Waals surface area contributed by atoms with E-state index in [2.05, 4.69) is 19.1 Å². The SMILES string of the molecule is c1ccc(-n2c(-c3ccccc3[O][Al][O][Al][O]c3ccccc3-c3nc4cccnc4n3-c3ccccc3)nc3cccnc32)cc1. The van der Waals surface area contributed by atoms with Crippen LogP contribution < -0.4 is 7.58 Å². The lowest BCUT2D eigenvalue weighted by atomic mass is 10.2. The minimum absolute atomic E-state index is 0.680. The van der Waals surface area contributed by atoms with Crippen LogP contribution in [0.25, 0.3) is 56.5 Å². The van der Waals surface area contributed by atoms with Gasteiger partial charge in [-0.25, -0.2) is 19.9 Å². The summed E-state index contributed by atoms with van der Waals surface area (Å²) in [6.45, 7) is 0. The first-order chi connectivity index (χ1) is 23.3. The van der Waals surface area contributed by atoms with Crippen molar-refractivity contribution < 1.29 is 10.4 Å². The van der Waals surface area contributed by atoms with Crippen molar-refractivity contribution >= 4 is 54.1 Å². The maximum absolute atomic E-state index is 6.25. The summed E-state index contributed by atoms with van der Waals surface area (Å²) >= 11 is -1.74. The van der Waals surface area contributed by atoms with E-state index >= 15 is 0 Å². The first-order valence-corrected chi connectivity index (χ1v) is 16.8. The fourth-order valence-electron chi connectivity index (χ4n) is 5.52. The van der Waals surface area contributed by atoms with Crippen molar-refractivity contribution in [3.8, 4) is 45.6 Å². The average molecular weight is 643 g/mol. The Labute approximate surface area is 283 Å². The molecule has 2 radical (unpaired) electrons. The number of hydrogen-bond donors (Lipinski definition) is 0. The Morgan fingerprint density at radius 1 is 0.447 bits per heavy atom. The van der Waals surface area contributed by atoms with E-state index in [9.17, 15) is 0 Å². The van der Waals surface area contributed by atoms with Gasteiger partial charge in [-0.15, -0.1) is 0 Å². The van der Waals surface area contributed by atoms with Crippen molar-refractivity contribution in [2.75, 3.05) is 0 Å². The number of para-hydroxylation sites is 4. The number of nitrogens with zero attached hydrogens (tertiary/aromatic N) is 6. The number of pyridine rings is 2. The number of imidazole rings is 2. The number of rotatable bonds is 10. The predicted octanol–water partition coefficient (Wildman–Crippen LogP) is 7.03. The normalized spacial score (nSPS) is 11.1. The standard InChI is InChI=1S/2C18H13N3O.2Al.O/c2*22-16-11-5-4-9-14(16)17-20-15-10-6-12-19-18(15)21(17)13-7-2-1-3-8-13;;;/h2*1-12,22H;;;/q;;2*+1;/p-2. The number of aromatic nitrogens is 6. The lowest BCUT2D eigenvalue weighted by Gasteiger charge is -2.15. The topological polar surface area (TPSA) is 89.1 Å². The summed E-state index contributed by atoms with van der Waals surface area (Å²) in [6, 6.07) is 43.6. The van der Waals surface area contributed by atoms with E-state index in [1.54, 1.807) is 12.4 Å². The molecule has 0 spiro atoms. The van der Waals surface area contributed by atoms with Gasteiger partial charge in [0.2, 0.25) is 0 Å². The molecule has 9 nitrogen and oxygen atoms in total. The average Bonchev–Trinajstić information content (AvgIpc) is 3.72. The van der Waals surface area contributed by atoms with Gasteiger partial charge in [-0.2, -0.15) is 0 Å². The van der Waals surface area contributed by atoms with Crippen molar-refractivity contribution in [3.05, 3.63) is 146 Å². The molecule has 222 valence electrons. The second-order valence-electron chi connectivity index (χ2n) is 10.5. The Morgan fingerprint density at radius 3 is 1.34 bits per heavy atom. The number of fused-ring (bicyclic) bond motifs is 2. The fraction of sp³-hybridized carbons (Fsp3) is 0. The van der Waals surface area contributed by atoms with Gasteiger partial charge in [0, 0.05) is 23.8 Å². The van der Waals surface area contributed by atoms with Gasteiger partial charge in [0.05, 0.1) is 22.6 Å². The van der Waals surface area contributed by atoms with Crippen LogP contribution in [0.4, 0.5) is 0 Å². The third kappa shape index (κ3) is 5.79. The monoisotopic (exact) mass is 642 g/mol. The molecule has 47 heavy (non-hydrogen) atoms. The molecule has 0 unspecified atom stereocenters. The van der Waals surface area contributed by atoms with E-state index in [1.165, 1.54) is 0 Å². The molecule has 0 bridgehead atoms. The molecule has 11 heteroatoms. The summed E-state index contributed by atoms with van der Waals surface area (Å²) in [7, 11) is 0. The van der Waals surface area contributed by atoms with Crippen LogP contribution in [0.15, 0.2) is 146 Å². The molecular weight excluding hydrogens is 618 g/mol. The first-order valence-electron chi connectivity index (χ1n) is 14.9. The van der Waals surface area contributed by atoms with Gasteiger partial charge in [-0.3, -0.25) is 9.13 Å². The lowest BCUT2D eigenvalue weighted by Crippen LogP contribution is -2.16. The first kappa shape index (κ1) is 29.2. The van der Waals surface area contributed by atoms with Gasteiger partial charge < -0.3 is 10.4 Å². The Hall–Kier alpha value is -5.26. The third-order valence-corrected chi connectivity index (χ3v) is 9.17. The van der Waals surface area contributed by atoms with Crippen LogP contribution >= 0.6 is 0 Å². The van der Waals surface area contributed by atoms with Crippen molar-refractivity contribution in [3.63, 3.8) is 0 Å². The van der Waals surface area contributed by atoms with Crippen molar-refractivity contribution in [2.45, 2.75) is 0 Å². The Kier molecular flexibility index (Phi) is 8.21. The van der Waals surface area contributed by atoms with Crippen LogP contribution in [0.2, 0.25) is 0 Å². The summed E-state index contributed by atoms with van der Waals surface area (Å²) in [5, 5.41) is 0. The second kappa shape index (κ2) is 13.2. The van der Waals surface area contributed by atoms with Crippen LogP contribution in [0.3, 0.4) is 0 Å². The summed E-state index contributed by atoms with van der Waals surface area (Å²) < 4.78 is 22.6. The summed E-state index contributed by atoms with van der Waals surface area (Å²) in [5.41, 5.74) is 6.79. The Bertz CT molecular complexity index is 2150. The van der Waals surface area contributed by atoms with E-state index in [1.807, 2.05) is 133 Å². The molecule has 0 aliphatic heterocycles. The highest BCUT2D eigenvalue weighted by atomic mass is 27.3. The molecule has 0 atom stereocenters. The maximum atomic E-state index is 6.25. The Morgan fingerprint density at radius 2 is 0.872 bits per heavy atom. The van der Waals surface area contributed by atoms with E-state index in [0.29, 0.717) is 11.5 Å². The minimum atomic E-state index is -0.868. The molecule has 4 aromatic carbocycles. The molecule has 0 aliphatic carbocycles. The van der Waals surface area contributed by atoms with Gasteiger partial charge in [-0.05, 0) is 72.8 Å². The highest BCUT2D eigenvalue weighted by Crippen LogP contribution is 2.35. The van der Waals surface area contributed by atoms with Crippen LogP contribution in [-0.4, -0.2) is 60.8 Å². The van der Waals surface area contributed by atoms with Crippen LogP contribution in [-0.2, 0) is 2.84 Å². The van der Waals surface area contributed by atoms with Crippen molar-refractivity contribution in [1.82, 2.24) is 29.1 Å². The van der Waals surface area contributed by atoms with Crippen LogP contribution in [0.1, 0.15) is 0 Å². The molecular formula is C36H24Al2N6O3. The second-order valence-corrected chi connectivity index (χ2v) is 12.4. The lowest BCUT2D eigenvalue weighted by molar-refractivity contribution is 0.418. The van der Waals surface area contributed by atoms with E-state index in [4.69, 9.17) is 20.4 Å². The highest BCUT2D eigenvalue weighted by molar-refractivity contribution is 6.35. The molecule has 0 fully saturated rings.